The van der Waals surface area contributed by atoms with Gasteiger partial charge in [-0.1, -0.05) is 36.8 Å². The molecule has 0 amide bonds. The van der Waals surface area contributed by atoms with Crippen molar-refractivity contribution in [3.05, 3.63) is 76.6 Å². The van der Waals surface area contributed by atoms with Crippen molar-refractivity contribution in [2.24, 2.45) is 0 Å². The van der Waals surface area contributed by atoms with Gasteiger partial charge in [0.1, 0.15) is 33.6 Å². The zero-order valence-corrected chi connectivity index (χ0v) is 17.8. The van der Waals surface area contributed by atoms with Gasteiger partial charge in [0.15, 0.2) is 9.84 Å². The van der Waals surface area contributed by atoms with E-state index in [1.54, 1.807) is 0 Å². The number of hydrogen-bond donors (Lipinski definition) is 0. The Bertz CT molecular complexity index is 1110. The van der Waals surface area contributed by atoms with E-state index in [2.05, 4.69) is 14.3 Å². The molecule has 9 heteroatoms. The van der Waals surface area contributed by atoms with Crippen LogP contribution in [0.25, 0.3) is 0 Å². The quantitative estimate of drug-likeness (QED) is 0.554. The molecule has 0 bridgehead atoms. The fraction of sp³-hybridized carbons (Fsp3) is 0.333. The third-order valence-electron chi connectivity index (χ3n) is 5.33. The van der Waals surface area contributed by atoms with E-state index in [1.165, 1.54) is 6.33 Å². The predicted molar refractivity (Wildman–Crippen MR) is 111 cm³/mol. The lowest BCUT2D eigenvalue weighted by Crippen LogP contribution is -2.33. The molecule has 1 saturated heterocycles. The molecule has 1 unspecified atom stereocenters. The highest BCUT2D eigenvalue weighted by Gasteiger charge is 2.27. The van der Waals surface area contributed by atoms with Gasteiger partial charge < -0.3 is 0 Å². The van der Waals surface area contributed by atoms with Gasteiger partial charge in [-0.3, -0.25) is 4.90 Å². The second-order valence-corrected chi connectivity index (χ2v) is 10.2. The first-order valence-corrected chi connectivity index (χ1v) is 12.1. The van der Waals surface area contributed by atoms with E-state index < -0.39 is 32.1 Å². The van der Waals surface area contributed by atoms with Crippen molar-refractivity contribution in [2.45, 2.75) is 42.5 Å². The highest BCUT2D eigenvalue weighted by molar-refractivity contribution is 7.90. The van der Waals surface area contributed by atoms with Crippen LogP contribution in [0, 0.1) is 11.6 Å². The number of aromatic nitrogens is 2. The zero-order chi connectivity index (χ0) is 21.1. The summed E-state index contributed by atoms with van der Waals surface area (Å²) in [7, 11) is -4.06. The van der Waals surface area contributed by atoms with Crippen LogP contribution >= 0.6 is 11.5 Å². The largest absolute Gasteiger partial charge is 0.292 e. The number of benzene rings is 2. The molecule has 1 aliphatic rings. The average Bonchev–Trinajstić information content (AvgIpc) is 3.23. The molecule has 1 aromatic heterocycles. The minimum atomic E-state index is -4.06. The van der Waals surface area contributed by atoms with Crippen LogP contribution in [0.15, 0.2) is 53.7 Å². The minimum absolute atomic E-state index is 0.128. The number of sulfone groups is 1. The molecule has 4 rings (SSSR count). The first-order chi connectivity index (χ1) is 14.4. The van der Waals surface area contributed by atoms with Crippen molar-refractivity contribution >= 4 is 21.4 Å². The monoisotopic (exact) mass is 449 g/mol. The third-order valence-corrected chi connectivity index (χ3v) is 7.81. The number of likely N-dealkylation sites (tertiary alicyclic amines) is 1. The fourth-order valence-corrected chi connectivity index (χ4v) is 6.06. The number of rotatable bonds is 6. The van der Waals surface area contributed by atoms with Gasteiger partial charge in [0.2, 0.25) is 0 Å². The van der Waals surface area contributed by atoms with Crippen molar-refractivity contribution in [1.29, 1.82) is 0 Å². The number of nitrogens with zero attached hydrogens (tertiary/aromatic N) is 3. The Morgan fingerprint density at radius 2 is 1.90 bits per heavy atom. The van der Waals surface area contributed by atoms with Crippen LogP contribution in [0.1, 0.15) is 41.4 Å². The zero-order valence-electron chi connectivity index (χ0n) is 16.2. The van der Waals surface area contributed by atoms with Gasteiger partial charge >= 0.3 is 0 Å². The van der Waals surface area contributed by atoms with E-state index in [4.69, 9.17) is 0 Å². The Kier molecular flexibility index (Phi) is 6.21. The Labute approximate surface area is 178 Å². The first kappa shape index (κ1) is 21.0. The van der Waals surface area contributed by atoms with Crippen molar-refractivity contribution < 1.29 is 17.2 Å². The van der Waals surface area contributed by atoms with Gasteiger partial charge in [0.05, 0.1) is 0 Å². The first-order valence-electron chi connectivity index (χ1n) is 9.69. The molecule has 2 heterocycles. The van der Waals surface area contributed by atoms with Gasteiger partial charge in [-0.2, -0.15) is 4.37 Å². The maximum atomic E-state index is 14.8. The molecule has 3 aromatic rings. The van der Waals surface area contributed by atoms with Crippen LogP contribution in [0.5, 0.6) is 0 Å². The summed E-state index contributed by atoms with van der Waals surface area (Å²) in [4.78, 5) is 5.31. The Balaban J connectivity index is 1.58. The molecule has 0 N–H and O–H groups in total. The molecule has 0 saturated carbocycles. The molecule has 0 aliphatic carbocycles. The van der Waals surface area contributed by atoms with Crippen LogP contribution in [0.2, 0.25) is 0 Å². The van der Waals surface area contributed by atoms with Gasteiger partial charge in [-0.25, -0.2) is 22.2 Å². The average molecular weight is 450 g/mol. The smallest absolute Gasteiger partial charge is 0.187 e. The van der Waals surface area contributed by atoms with Gasteiger partial charge in [0, 0.05) is 18.2 Å². The normalized spacial score (nSPS) is 17.9. The fourth-order valence-electron chi connectivity index (χ4n) is 3.88. The highest BCUT2D eigenvalue weighted by atomic mass is 32.2. The van der Waals surface area contributed by atoms with Gasteiger partial charge in [-0.15, -0.1) is 0 Å². The molecule has 5 nitrogen and oxygen atoms in total. The van der Waals surface area contributed by atoms with Crippen molar-refractivity contribution in [1.82, 2.24) is 14.3 Å². The Morgan fingerprint density at radius 1 is 1.10 bits per heavy atom. The molecular formula is C21H21F2N3O2S2. The van der Waals surface area contributed by atoms with Gasteiger partial charge in [-0.05, 0) is 48.6 Å². The van der Waals surface area contributed by atoms with Crippen LogP contribution in [0.3, 0.4) is 0 Å². The van der Waals surface area contributed by atoms with Gasteiger partial charge in [0.25, 0.3) is 0 Å². The Morgan fingerprint density at radius 3 is 2.63 bits per heavy atom. The van der Waals surface area contributed by atoms with Crippen LogP contribution in [-0.2, 0) is 22.1 Å². The molecule has 2 aromatic carbocycles. The summed E-state index contributed by atoms with van der Waals surface area (Å²) in [5.74, 6) is -2.16. The minimum Gasteiger partial charge on any atom is -0.292 e. The second-order valence-electron chi connectivity index (χ2n) is 7.36. The molecule has 0 radical (unpaired) electrons. The van der Waals surface area contributed by atoms with Crippen LogP contribution < -0.4 is 0 Å². The predicted octanol–water partition coefficient (Wildman–Crippen LogP) is 4.52. The topological polar surface area (TPSA) is 63.2 Å². The lowest BCUT2D eigenvalue weighted by atomic mass is 9.94. The third kappa shape index (κ3) is 4.58. The molecule has 30 heavy (non-hydrogen) atoms. The molecule has 1 fully saturated rings. The maximum Gasteiger partial charge on any atom is 0.187 e. The van der Waals surface area contributed by atoms with E-state index in [9.17, 15) is 17.2 Å². The molecule has 158 valence electrons. The Hall–Kier alpha value is -2.23. The van der Waals surface area contributed by atoms with E-state index in [0.29, 0.717) is 0 Å². The molecule has 0 spiro atoms. The summed E-state index contributed by atoms with van der Waals surface area (Å²) in [6.07, 6.45) is 4.25. The summed E-state index contributed by atoms with van der Waals surface area (Å²) < 4.78 is 58.4. The second kappa shape index (κ2) is 8.87. The van der Waals surface area contributed by atoms with E-state index >= 15 is 0 Å². The standard InChI is InChI=1S/C21H21F2N3O2S2/c22-17-11-20(30(27,28)13-21-24-14-25-29-21)18(23)10-16(17)12-26-9-5-4-8-19(26)15-6-2-1-3-7-15/h1-3,6-7,10-11,14,19H,4-5,8-9,12-13H2. The van der Waals surface area contributed by atoms with Crippen LogP contribution in [-0.4, -0.2) is 29.2 Å². The maximum absolute atomic E-state index is 14.8. The van der Waals surface area contributed by atoms with Crippen molar-refractivity contribution in [2.75, 3.05) is 6.54 Å². The number of halogens is 2. The summed E-state index contributed by atoms with van der Waals surface area (Å²) in [5, 5.41) is 0.234. The summed E-state index contributed by atoms with van der Waals surface area (Å²) >= 11 is 0.916. The summed E-state index contributed by atoms with van der Waals surface area (Å²) in [6.45, 7) is 0.997. The van der Waals surface area contributed by atoms with E-state index in [-0.39, 0.29) is 23.2 Å². The van der Waals surface area contributed by atoms with E-state index in [1.807, 2.05) is 30.3 Å². The molecule has 1 atom stereocenters. The lowest BCUT2D eigenvalue weighted by molar-refractivity contribution is 0.138. The summed E-state index contributed by atoms with van der Waals surface area (Å²) in [6, 6.07) is 11.9. The molecule has 1 aliphatic heterocycles. The van der Waals surface area contributed by atoms with Crippen LogP contribution in [0.4, 0.5) is 8.78 Å². The molecular weight excluding hydrogens is 428 g/mol. The number of hydrogen-bond acceptors (Lipinski definition) is 6. The van der Waals surface area contributed by atoms with Crippen molar-refractivity contribution in [3.63, 3.8) is 0 Å². The number of piperidine rings is 1. The van der Waals surface area contributed by atoms with E-state index in [0.717, 1.165) is 55.0 Å². The SMILES string of the molecule is O=S(=O)(Cc1ncns1)c1cc(F)c(CN2CCCCC2c2ccccc2)cc1F. The summed E-state index contributed by atoms with van der Waals surface area (Å²) in [5.41, 5.74) is 1.31. The highest BCUT2D eigenvalue weighted by Crippen LogP contribution is 2.33. The van der Waals surface area contributed by atoms with Crippen molar-refractivity contribution in [3.8, 4) is 0 Å². The lowest BCUT2D eigenvalue weighted by Gasteiger charge is -2.36.